The summed E-state index contributed by atoms with van der Waals surface area (Å²) in [4.78, 5) is 34.1. The summed E-state index contributed by atoms with van der Waals surface area (Å²) in [6, 6.07) is 12.9. The molecule has 1 aromatic rings. The number of nitrogens with two attached hydrogens (primary N) is 1. The van der Waals surface area contributed by atoms with Crippen molar-refractivity contribution in [3.8, 4) is 6.07 Å². The van der Waals surface area contributed by atoms with E-state index < -0.39 is 6.04 Å². The van der Waals surface area contributed by atoms with Crippen LogP contribution in [0, 0.1) is 17.2 Å². The van der Waals surface area contributed by atoms with E-state index in [0.29, 0.717) is 24.4 Å². The molecular weight excluding hydrogens is 450 g/mol. The van der Waals surface area contributed by atoms with Crippen molar-refractivity contribution >= 4 is 11.8 Å². The van der Waals surface area contributed by atoms with Gasteiger partial charge in [-0.05, 0) is 76.8 Å². The molecular formula is C29H39N5O2. The Hall–Kier alpha value is -2.43. The maximum atomic E-state index is 14.1. The van der Waals surface area contributed by atoms with Gasteiger partial charge in [0.25, 0.3) is 0 Å². The topological polar surface area (TPSA) is 93.7 Å². The molecule has 5 aliphatic rings. The number of carbonyl (C=O) groups excluding carboxylic acids is 2. The van der Waals surface area contributed by atoms with Crippen LogP contribution in [0.4, 0.5) is 0 Å². The Balaban J connectivity index is 1.19. The Bertz CT molecular complexity index is 1040. The molecule has 0 aromatic heterocycles. The molecule has 192 valence electrons. The lowest BCUT2D eigenvalue weighted by Crippen LogP contribution is -2.58. The number of nitriles is 1. The summed E-state index contributed by atoms with van der Waals surface area (Å²) in [5, 5.41) is 9.19. The van der Waals surface area contributed by atoms with E-state index in [4.69, 9.17) is 5.73 Å². The van der Waals surface area contributed by atoms with Gasteiger partial charge >= 0.3 is 0 Å². The lowest BCUT2D eigenvalue weighted by molar-refractivity contribution is -0.148. The Morgan fingerprint density at radius 1 is 1.08 bits per heavy atom. The molecule has 2 saturated carbocycles. The van der Waals surface area contributed by atoms with Gasteiger partial charge in [-0.2, -0.15) is 5.26 Å². The maximum Gasteiger partial charge on any atom is 0.245 e. The number of hydrogen-bond acceptors (Lipinski definition) is 5. The van der Waals surface area contributed by atoms with Crippen molar-refractivity contribution < 1.29 is 9.59 Å². The fourth-order valence-corrected chi connectivity index (χ4v) is 7.62. The number of benzene rings is 1. The minimum atomic E-state index is -0.545. The molecule has 3 saturated heterocycles. The van der Waals surface area contributed by atoms with E-state index in [1.165, 1.54) is 5.56 Å². The van der Waals surface area contributed by atoms with E-state index in [-0.39, 0.29) is 35.4 Å². The van der Waals surface area contributed by atoms with Crippen molar-refractivity contribution in [1.82, 2.24) is 14.7 Å². The average molecular weight is 490 g/mol. The number of carbonyl (C=O) groups is 2. The minimum absolute atomic E-state index is 0.00611. The van der Waals surface area contributed by atoms with Gasteiger partial charge in [-0.1, -0.05) is 30.3 Å². The lowest BCUT2D eigenvalue weighted by Gasteiger charge is -2.45. The zero-order valence-electron chi connectivity index (χ0n) is 21.4. The summed E-state index contributed by atoms with van der Waals surface area (Å²) in [6.07, 6.45) is 9.09. The molecule has 2 N–H and O–H groups in total. The third-order valence-corrected chi connectivity index (χ3v) is 10.1. The number of rotatable bonds is 4. The van der Waals surface area contributed by atoms with E-state index in [1.807, 2.05) is 11.0 Å². The van der Waals surface area contributed by atoms with Gasteiger partial charge in [-0.25, -0.2) is 0 Å². The molecule has 6 rings (SSSR count). The van der Waals surface area contributed by atoms with Crippen LogP contribution in [-0.4, -0.2) is 75.9 Å². The molecule has 7 heteroatoms. The molecule has 3 heterocycles. The van der Waals surface area contributed by atoms with Crippen molar-refractivity contribution in [2.75, 3.05) is 13.6 Å². The van der Waals surface area contributed by atoms with Gasteiger partial charge in [-0.3, -0.25) is 9.59 Å². The maximum absolute atomic E-state index is 14.1. The summed E-state index contributed by atoms with van der Waals surface area (Å²) in [7, 11) is 2.17. The lowest BCUT2D eigenvalue weighted by atomic mass is 9.79. The average Bonchev–Trinajstić information content (AvgIpc) is 3.35. The molecule has 0 unspecified atom stereocenters. The van der Waals surface area contributed by atoms with E-state index in [1.54, 1.807) is 0 Å². The van der Waals surface area contributed by atoms with Crippen LogP contribution in [0.15, 0.2) is 30.3 Å². The van der Waals surface area contributed by atoms with Gasteiger partial charge in [0.05, 0.1) is 12.1 Å². The quantitative estimate of drug-likeness (QED) is 0.702. The Morgan fingerprint density at radius 2 is 1.83 bits per heavy atom. The minimum Gasteiger partial charge on any atom is -0.335 e. The fourth-order valence-electron chi connectivity index (χ4n) is 7.62. The van der Waals surface area contributed by atoms with Crippen molar-refractivity contribution in [3.63, 3.8) is 0 Å². The monoisotopic (exact) mass is 489 g/mol. The Labute approximate surface area is 214 Å². The Morgan fingerprint density at radius 3 is 2.53 bits per heavy atom. The largest absolute Gasteiger partial charge is 0.335 e. The van der Waals surface area contributed by atoms with Crippen molar-refractivity contribution in [1.29, 1.82) is 5.26 Å². The highest BCUT2D eigenvalue weighted by molar-refractivity contribution is 5.91. The second-order valence-electron chi connectivity index (χ2n) is 12.2. The first kappa shape index (κ1) is 23.9. The van der Waals surface area contributed by atoms with Crippen LogP contribution in [0.2, 0.25) is 0 Å². The highest BCUT2D eigenvalue weighted by Crippen LogP contribution is 2.54. The standard InChI is InChI=1S/C29H39N5O2/c1-32(24-13-19(14-24)17-30)22-7-9-25(31)27(35)34-23(15-22)8-10-26(34)28(36)33-18-21(16-29(33)11-12-29)20-5-3-2-4-6-20/h2-6,19,21-26H,7-16,18,31H2,1H3/t19?,21-,22+,23-,24?,25+,26+/m1/s1. The predicted octanol–water partition coefficient (Wildman–Crippen LogP) is 3.01. The molecule has 2 amide bonds. The molecule has 0 bridgehead atoms. The summed E-state index contributed by atoms with van der Waals surface area (Å²) >= 11 is 0. The van der Waals surface area contributed by atoms with Gasteiger partial charge < -0.3 is 20.4 Å². The molecule has 36 heavy (non-hydrogen) atoms. The molecule has 2 aliphatic carbocycles. The highest BCUT2D eigenvalue weighted by atomic mass is 16.2. The van der Waals surface area contributed by atoms with Crippen LogP contribution in [0.5, 0.6) is 0 Å². The SMILES string of the molecule is CN(C1CC(C#N)C1)[C@H]1CC[C@H](N)C(=O)N2[C@H](CC[C@H]2C(=O)N2C[C@H](c3ccccc3)CC23CC3)C1. The second-order valence-corrected chi connectivity index (χ2v) is 12.2. The van der Waals surface area contributed by atoms with Gasteiger partial charge in [0.2, 0.25) is 11.8 Å². The van der Waals surface area contributed by atoms with E-state index in [2.05, 4.69) is 47.2 Å². The van der Waals surface area contributed by atoms with Crippen LogP contribution >= 0.6 is 0 Å². The second kappa shape index (κ2) is 9.15. The van der Waals surface area contributed by atoms with Gasteiger partial charge in [0, 0.05) is 42.0 Å². The Kier molecular flexibility index (Phi) is 6.08. The van der Waals surface area contributed by atoms with Crippen molar-refractivity contribution in [3.05, 3.63) is 35.9 Å². The molecule has 1 aromatic carbocycles. The first-order chi connectivity index (χ1) is 17.4. The summed E-state index contributed by atoms with van der Waals surface area (Å²) in [6.45, 7) is 0.755. The number of nitrogens with zero attached hydrogens (tertiary/aromatic N) is 4. The summed E-state index contributed by atoms with van der Waals surface area (Å²) < 4.78 is 0. The zero-order valence-corrected chi connectivity index (χ0v) is 21.4. The van der Waals surface area contributed by atoms with Crippen LogP contribution in [0.1, 0.15) is 75.7 Å². The number of amides is 2. The normalized spacial score (nSPS) is 37.3. The fraction of sp³-hybridized carbons (Fsp3) is 0.690. The molecule has 1 spiro atoms. The number of fused-ring (bicyclic) bond motifs is 1. The zero-order chi connectivity index (χ0) is 25.0. The van der Waals surface area contributed by atoms with Crippen LogP contribution < -0.4 is 5.73 Å². The molecule has 0 radical (unpaired) electrons. The first-order valence-corrected chi connectivity index (χ1v) is 14.0. The van der Waals surface area contributed by atoms with E-state index in [9.17, 15) is 14.9 Å². The predicted molar refractivity (Wildman–Crippen MR) is 137 cm³/mol. The summed E-state index contributed by atoms with van der Waals surface area (Å²) in [5.74, 6) is 0.664. The van der Waals surface area contributed by atoms with Crippen LogP contribution in [0.3, 0.4) is 0 Å². The third kappa shape index (κ3) is 4.03. The number of likely N-dealkylation sites (tertiary alicyclic amines) is 1. The third-order valence-electron chi connectivity index (χ3n) is 10.1. The number of hydrogen-bond donors (Lipinski definition) is 1. The van der Waals surface area contributed by atoms with Crippen molar-refractivity contribution in [2.24, 2.45) is 11.7 Å². The highest BCUT2D eigenvalue weighted by Gasteiger charge is 2.58. The molecule has 3 aliphatic heterocycles. The molecule has 7 nitrogen and oxygen atoms in total. The molecule has 5 atom stereocenters. The molecule has 5 fully saturated rings. The first-order valence-electron chi connectivity index (χ1n) is 14.0. The van der Waals surface area contributed by atoms with Crippen LogP contribution in [0.25, 0.3) is 0 Å². The van der Waals surface area contributed by atoms with Crippen molar-refractivity contribution in [2.45, 2.75) is 106 Å². The van der Waals surface area contributed by atoms with E-state index >= 15 is 0 Å². The van der Waals surface area contributed by atoms with Gasteiger partial charge in [-0.15, -0.1) is 0 Å². The van der Waals surface area contributed by atoms with E-state index in [0.717, 1.165) is 64.3 Å². The smallest absolute Gasteiger partial charge is 0.245 e. The van der Waals surface area contributed by atoms with Gasteiger partial charge in [0.1, 0.15) is 6.04 Å². The van der Waals surface area contributed by atoms with Gasteiger partial charge in [0.15, 0.2) is 0 Å². The van der Waals surface area contributed by atoms with Crippen LogP contribution in [-0.2, 0) is 9.59 Å². The summed E-state index contributed by atoms with van der Waals surface area (Å²) in [5.41, 5.74) is 7.74.